The van der Waals surface area contributed by atoms with Gasteiger partial charge in [0.15, 0.2) is 15.8 Å². The molecule has 4 fully saturated rings. The Kier molecular flexibility index (Phi) is 5.38. The van der Waals surface area contributed by atoms with E-state index in [4.69, 9.17) is 4.74 Å². The molecule has 0 aromatic heterocycles. The third-order valence-corrected chi connectivity index (χ3v) is 8.27. The van der Waals surface area contributed by atoms with Crippen molar-refractivity contribution >= 4 is 39.8 Å². The van der Waals surface area contributed by atoms with Gasteiger partial charge >= 0.3 is 0 Å². The second-order valence-electron chi connectivity index (χ2n) is 7.67. The van der Waals surface area contributed by atoms with Crippen molar-refractivity contribution in [3.05, 3.63) is 0 Å². The fraction of sp³-hybridized carbons (Fsp3) is 0.938. The Balaban J connectivity index is 0.00000169. The SMILES string of the molecule is CN=C(NCC1CCS(=O)(=O)C1)NC1C2CCOC2C12CCC2.I. The minimum atomic E-state index is -2.81. The number of rotatable bonds is 3. The molecule has 4 aliphatic rings. The van der Waals surface area contributed by atoms with Crippen LogP contribution in [0.15, 0.2) is 4.99 Å². The van der Waals surface area contributed by atoms with Gasteiger partial charge in [-0.05, 0) is 31.6 Å². The predicted molar refractivity (Wildman–Crippen MR) is 105 cm³/mol. The van der Waals surface area contributed by atoms with Crippen LogP contribution in [0.2, 0.25) is 0 Å². The van der Waals surface area contributed by atoms with E-state index in [1.165, 1.54) is 19.3 Å². The number of aliphatic imine (C=N–C) groups is 1. The van der Waals surface area contributed by atoms with E-state index in [1.807, 2.05) is 0 Å². The molecule has 2 saturated carbocycles. The zero-order valence-electron chi connectivity index (χ0n) is 14.2. The van der Waals surface area contributed by atoms with Crippen LogP contribution in [-0.4, -0.2) is 58.2 Å². The number of nitrogens with one attached hydrogen (secondary N) is 2. The molecule has 24 heavy (non-hydrogen) atoms. The molecule has 4 unspecified atom stereocenters. The normalized spacial score (nSPS) is 38.6. The van der Waals surface area contributed by atoms with Gasteiger partial charge in [0.05, 0.1) is 17.6 Å². The highest BCUT2D eigenvalue weighted by Crippen LogP contribution is 2.62. The Labute approximate surface area is 161 Å². The monoisotopic (exact) mass is 469 g/mol. The molecule has 2 aliphatic carbocycles. The summed E-state index contributed by atoms with van der Waals surface area (Å²) in [7, 11) is -1.02. The summed E-state index contributed by atoms with van der Waals surface area (Å²) in [5.74, 6) is 2.28. The standard InChI is InChI=1S/C16H27N3O3S.HI/c1-17-15(18-9-11-4-8-23(20,21)10-11)19-13-12-3-7-22-14(12)16(13)5-2-6-16;/h11-14H,2-10H2,1H3,(H2,17,18,19);1H. The molecule has 0 aromatic carbocycles. The molecule has 0 aromatic rings. The average molecular weight is 469 g/mol. The number of halogens is 1. The van der Waals surface area contributed by atoms with Crippen molar-refractivity contribution in [1.29, 1.82) is 0 Å². The Hall–Kier alpha value is -0.0900. The number of hydrogen-bond acceptors (Lipinski definition) is 4. The van der Waals surface area contributed by atoms with Crippen LogP contribution in [0.25, 0.3) is 0 Å². The van der Waals surface area contributed by atoms with Gasteiger partial charge in [0.25, 0.3) is 0 Å². The van der Waals surface area contributed by atoms with E-state index < -0.39 is 9.84 Å². The maximum absolute atomic E-state index is 11.6. The topological polar surface area (TPSA) is 79.8 Å². The van der Waals surface area contributed by atoms with Crippen molar-refractivity contribution in [2.75, 3.05) is 31.7 Å². The Bertz CT molecular complexity index is 606. The van der Waals surface area contributed by atoms with Crippen LogP contribution in [0, 0.1) is 17.3 Å². The number of sulfone groups is 1. The highest BCUT2D eigenvalue weighted by atomic mass is 127. The smallest absolute Gasteiger partial charge is 0.191 e. The zero-order chi connectivity index (χ0) is 16.1. The minimum Gasteiger partial charge on any atom is -0.377 e. The Morgan fingerprint density at radius 1 is 1.33 bits per heavy atom. The van der Waals surface area contributed by atoms with E-state index in [0.29, 0.717) is 41.5 Å². The molecule has 2 N–H and O–H groups in total. The highest BCUT2D eigenvalue weighted by molar-refractivity contribution is 14.0. The quantitative estimate of drug-likeness (QED) is 0.369. The first-order valence-electron chi connectivity index (χ1n) is 8.83. The predicted octanol–water partition coefficient (Wildman–Crippen LogP) is 1.16. The number of nitrogens with zero attached hydrogens (tertiary/aromatic N) is 1. The first-order chi connectivity index (χ1) is 11.0. The molecule has 2 saturated heterocycles. The van der Waals surface area contributed by atoms with Gasteiger partial charge in [0, 0.05) is 37.6 Å². The van der Waals surface area contributed by atoms with Crippen molar-refractivity contribution in [2.45, 2.75) is 44.2 Å². The largest absolute Gasteiger partial charge is 0.377 e. The first kappa shape index (κ1) is 18.7. The summed E-state index contributed by atoms with van der Waals surface area (Å²) >= 11 is 0. The fourth-order valence-electron chi connectivity index (χ4n) is 5.07. The number of fused-ring (bicyclic) bond motifs is 2. The van der Waals surface area contributed by atoms with Gasteiger partial charge in [-0.1, -0.05) is 6.42 Å². The van der Waals surface area contributed by atoms with Gasteiger partial charge in [0.2, 0.25) is 0 Å². The summed E-state index contributed by atoms with van der Waals surface area (Å²) in [6.07, 6.45) is 6.16. The summed E-state index contributed by atoms with van der Waals surface area (Å²) in [6.45, 7) is 1.57. The van der Waals surface area contributed by atoms with Crippen LogP contribution in [0.1, 0.15) is 32.1 Å². The molecule has 0 radical (unpaired) electrons. The molecule has 2 aliphatic heterocycles. The van der Waals surface area contributed by atoms with Crippen molar-refractivity contribution in [3.63, 3.8) is 0 Å². The summed E-state index contributed by atoms with van der Waals surface area (Å²) in [5, 5.41) is 6.97. The van der Waals surface area contributed by atoms with E-state index >= 15 is 0 Å². The van der Waals surface area contributed by atoms with Gasteiger partial charge in [-0.25, -0.2) is 8.42 Å². The number of ether oxygens (including phenoxy) is 1. The Morgan fingerprint density at radius 3 is 2.71 bits per heavy atom. The fourth-order valence-corrected chi connectivity index (χ4v) is 6.93. The summed E-state index contributed by atoms with van der Waals surface area (Å²) in [6, 6.07) is 0.460. The molecule has 0 amide bonds. The van der Waals surface area contributed by atoms with Crippen LogP contribution in [0.4, 0.5) is 0 Å². The van der Waals surface area contributed by atoms with E-state index in [-0.39, 0.29) is 29.9 Å². The Morgan fingerprint density at radius 2 is 2.12 bits per heavy atom. The van der Waals surface area contributed by atoms with Gasteiger partial charge in [-0.3, -0.25) is 4.99 Å². The lowest BCUT2D eigenvalue weighted by molar-refractivity contribution is -0.171. The van der Waals surface area contributed by atoms with Gasteiger partial charge in [-0.15, -0.1) is 24.0 Å². The van der Waals surface area contributed by atoms with Crippen LogP contribution in [-0.2, 0) is 14.6 Å². The number of guanidine groups is 1. The van der Waals surface area contributed by atoms with Crippen molar-refractivity contribution in [3.8, 4) is 0 Å². The minimum absolute atomic E-state index is 0. The first-order valence-corrected chi connectivity index (χ1v) is 10.7. The molecule has 1 spiro atoms. The van der Waals surface area contributed by atoms with Crippen LogP contribution in [0.5, 0.6) is 0 Å². The zero-order valence-corrected chi connectivity index (χ0v) is 17.3. The lowest BCUT2D eigenvalue weighted by Gasteiger charge is -2.63. The van der Waals surface area contributed by atoms with Gasteiger partial charge < -0.3 is 15.4 Å². The van der Waals surface area contributed by atoms with Gasteiger partial charge in [0.1, 0.15) is 0 Å². The molecular weight excluding hydrogens is 441 g/mol. The third-order valence-electron chi connectivity index (χ3n) is 6.44. The molecule has 6 nitrogen and oxygen atoms in total. The second kappa shape index (κ2) is 6.90. The molecule has 4 rings (SSSR count). The summed E-state index contributed by atoms with van der Waals surface area (Å²) in [4.78, 5) is 4.35. The summed E-state index contributed by atoms with van der Waals surface area (Å²) < 4.78 is 29.1. The number of hydrogen-bond donors (Lipinski definition) is 2. The van der Waals surface area contributed by atoms with Crippen LogP contribution < -0.4 is 10.6 Å². The second-order valence-corrected chi connectivity index (χ2v) is 9.90. The van der Waals surface area contributed by atoms with E-state index in [2.05, 4.69) is 15.6 Å². The summed E-state index contributed by atoms with van der Waals surface area (Å²) in [5.41, 5.74) is 0.329. The molecule has 0 bridgehead atoms. The molecule has 8 heteroatoms. The molecular formula is C16H28IN3O3S. The lowest BCUT2D eigenvalue weighted by Crippen LogP contribution is -2.72. The highest BCUT2D eigenvalue weighted by Gasteiger charge is 2.66. The maximum atomic E-state index is 11.6. The third kappa shape index (κ3) is 3.06. The van der Waals surface area contributed by atoms with E-state index in [9.17, 15) is 8.42 Å². The molecule has 4 atom stereocenters. The van der Waals surface area contributed by atoms with Crippen molar-refractivity contribution < 1.29 is 13.2 Å². The molecule has 2 heterocycles. The van der Waals surface area contributed by atoms with Crippen molar-refractivity contribution in [1.82, 2.24) is 10.6 Å². The van der Waals surface area contributed by atoms with E-state index in [0.717, 1.165) is 25.4 Å². The van der Waals surface area contributed by atoms with Gasteiger partial charge in [-0.2, -0.15) is 0 Å². The average Bonchev–Trinajstić information content (AvgIpc) is 3.02. The van der Waals surface area contributed by atoms with Crippen LogP contribution >= 0.6 is 24.0 Å². The molecule has 138 valence electrons. The van der Waals surface area contributed by atoms with Crippen molar-refractivity contribution in [2.24, 2.45) is 22.2 Å². The van der Waals surface area contributed by atoms with E-state index in [1.54, 1.807) is 7.05 Å². The van der Waals surface area contributed by atoms with Crippen LogP contribution in [0.3, 0.4) is 0 Å². The lowest BCUT2D eigenvalue weighted by atomic mass is 9.46. The maximum Gasteiger partial charge on any atom is 0.191 e.